The first-order chi connectivity index (χ1) is 10.1. The monoisotopic (exact) mass is 285 g/mol. The SMILES string of the molecule is Cc1cc(Oc2cnn(C(C)C)c2)ccc1CNC1CC1. The first-order valence-electron chi connectivity index (χ1n) is 7.67. The highest BCUT2D eigenvalue weighted by Gasteiger charge is 2.20. The summed E-state index contributed by atoms with van der Waals surface area (Å²) in [4.78, 5) is 0. The van der Waals surface area contributed by atoms with Crippen molar-refractivity contribution in [2.45, 2.75) is 52.2 Å². The van der Waals surface area contributed by atoms with Crippen molar-refractivity contribution < 1.29 is 4.74 Å². The van der Waals surface area contributed by atoms with Gasteiger partial charge in [-0.05, 0) is 56.9 Å². The zero-order valence-electron chi connectivity index (χ0n) is 13.0. The highest BCUT2D eigenvalue weighted by molar-refractivity contribution is 5.37. The molecule has 2 aromatic rings. The Bertz CT molecular complexity index is 614. The summed E-state index contributed by atoms with van der Waals surface area (Å²) in [5.41, 5.74) is 2.60. The van der Waals surface area contributed by atoms with Crippen LogP contribution in [0.3, 0.4) is 0 Å². The first-order valence-corrected chi connectivity index (χ1v) is 7.67. The molecule has 1 heterocycles. The van der Waals surface area contributed by atoms with Crippen molar-refractivity contribution in [2.24, 2.45) is 0 Å². The van der Waals surface area contributed by atoms with Crippen molar-refractivity contribution in [3.8, 4) is 11.5 Å². The molecule has 4 heteroatoms. The van der Waals surface area contributed by atoms with E-state index in [0.717, 1.165) is 24.1 Å². The number of nitrogens with zero attached hydrogens (tertiary/aromatic N) is 2. The summed E-state index contributed by atoms with van der Waals surface area (Å²) in [6, 6.07) is 7.36. The van der Waals surface area contributed by atoms with Gasteiger partial charge in [0, 0.05) is 18.6 Å². The molecular weight excluding hydrogens is 262 g/mol. The van der Waals surface area contributed by atoms with Crippen molar-refractivity contribution in [1.82, 2.24) is 15.1 Å². The van der Waals surface area contributed by atoms with Crippen molar-refractivity contribution in [2.75, 3.05) is 0 Å². The summed E-state index contributed by atoms with van der Waals surface area (Å²) >= 11 is 0. The molecule has 21 heavy (non-hydrogen) atoms. The van der Waals surface area contributed by atoms with Crippen LogP contribution >= 0.6 is 0 Å². The molecule has 0 unspecified atom stereocenters. The predicted molar refractivity (Wildman–Crippen MR) is 83.7 cm³/mol. The number of hydrogen-bond donors (Lipinski definition) is 1. The van der Waals surface area contributed by atoms with Gasteiger partial charge in [-0.15, -0.1) is 0 Å². The van der Waals surface area contributed by atoms with E-state index in [1.165, 1.54) is 24.0 Å². The molecule has 1 aliphatic carbocycles. The third-order valence-corrected chi connectivity index (χ3v) is 3.82. The number of benzene rings is 1. The second kappa shape index (κ2) is 5.90. The zero-order chi connectivity index (χ0) is 14.8. The minimum Gasteiger partial charge on any atom is -0.454 e. The molecule has 0 radical (unpaired) electrons. The molecule has 0 bridgehead atoms. The first kappa shape index (κ1) is 14.1. The molecule has 3 rings (SSSR count). The Hall–Kier alpha value is -1.81. The van der Waals surface area contributed by atoms with Gasteiger partial charge < -0.3 is 10.1 Å². The molecule has 1 aliphatic rings. The molecule has 1 aromatic carbocycles. The fraction of sp³-hybridized carbons (Fsp3) is 0.471. The van der Waals surface area contributed by atoms with Crippen molar-refractivity contribution in [3.05, 3.63) is 41.7 Å². The molecule has 1 saturated carbocycles. The average molecular weight is 285 g/mol. The van der Waals surface area contributed by atoms with Crippen LogP contribution in [0, 0.1) is 6.92 Å². The Morgan fingerprint density at radius 2 is 2.14 bits per heavy atom. The Labute approximate surface area is 126 Å². The molecule has 0 aliphatic heterocycles. The van der Waals surface area contributed by atoms with Gasteiger partial charge in [0.1, 0.15) is 5.75 Å². The van der Waals surface area contributed by atoms with Gasteiger partial charge in [0.2, 0.25) is 0 Å². The molecule has 1 aromatic heterocycles. The van der Waals surface area contributed by atoms with E-state index in [2.05, 4.69) is 43.3 Å². The topological polar surface area (TPSA) is 39.1 Å². The summed E-state index contributed by atoms with van der Waals surface area (Å²) in [7, 11) is 0. The third-order valence-electron chi connectivity index (χ3n) is 3.82. The van der Waals surface area contributed by atoms with Gasteiger partial charge in [-0.25, -0.2) is 0 Å². The Morgan fingerprint density at radius 3 is 2.76 bits per heavy atom. The van der Waals surface area contributed by atoms with Gasteiger partial charge >= 0.3 is 0 Å². The Kier molecular flexibility index (Phi) is 3.97. The minimum absolute atomic E-state index is 0.347. The van der Waals surface area contributed by atoms with Crippen LogP contribution in [0.25, 0.3) is 0 Å². The molecule has 0 spiro atoms. The second-order valence-corrected chi connectivity index (χ2v) is 6.10. The highest BCUT2D eigenvalue weighted by Crippen LogP contribution is 2.25. The quantitative estimate of drug-likeness (QED) is 0.877. The highest BCUT2D eigenvalue weighted by atomic mass is 16.5. The lowest BCUT2D eigenvalue weighted by Crippen LogP contribution is -2.15. The second-order valence-electron chi connectivity index (χ2n) is 6.10. The summed E-state index contributed by atoms with van der Waals surface area (Å²) in [6.07, 6.45) is 6.33. The van der Waals surface area contributed by atoms with Crippen LogP contribution in [-0.4, -0.2) is 15.8 Å². The number of aromatic nitrogens is 2. The third kappa shape index (κ3) is 3.64. The lowest BCUT2D eigenvalue weighted by molar-refractivity contribution is 0.476. The van der Waals surface area contributed by atoms with E-state index in [4.69, 9.17) is 4.74 Å². The molecular formula is C17H23N3O. The van der Waals surface area contributed by atoms with Crippen molar-refractivity contribution >= 4 is 0 Å². The lowest BCUT2D eigenvalue weighted by Gasteiger charge is -2.10. The number of nitrogens with one attached hydrogen (secondary N) is 1. The van der Waals surface area contributed by atoms with E-state index in [-0.39, 0.29) is 0 Å². The number of ether oxygens (including phenoxy) is 1. The summed E-state index contributed by atoms with van der Waals surface area (Å²) < 4.78 is 7.78. The Balaban J connectivity index is 1.65. The Morgan fingerprint density at radius 1 is 1.33 bits per heavy atom. The van der Waals surface area contributed by atoms with Crippen LogP contribution in [0.4, 0.5) is 0 Å². The van der Waals surface area contributed by atoms with Crippen molar-refractivity contribution in [1.29, 1.82) is 0 Å². The largest absolute Gasteiger partial charge is 0.454 e. The van der Waals surface area contributed by atoms with Gasteiger partial charge in [0.25, 0.3) is 0 Å². The fourth-order valence-electron chi connectivity index (χ4n) is 2.26. The smallest absolute Gasteiger partial charge is 0.165 e. The summed E-state index contributed by atoms with van der Waals surface area (Å²) in [5, 5.41) is 7.83. The van der Waals surface area contributed by atoms with E-state index in [1.807, 2.05) is 16.9 Å². The maximum atomic E-state index is 5.88. The van der Waals surface area contributed by atoms with Gasteiger partial charge in [-0.3, -0.25) is 4.68 Å². The van der Waals surface area contributed by atoms with Gasteiger partial charge in [-0.1, -0.05) is 6.07 Å². The average Bonchev–Trinajstić information content (AvgIpc) is 3.15. The lowest BCUT2D eigenvalue weighted by atomic mass is 10.1. The summed E-state index contributed by atoms with van der Waals surface area (Å²) in [5.74, 6) is 1.65. The van der Waals surface area contributed by atoms with E-state index in [1.54, 1.807) is 6.20 Å². The van der Waals surface area contributed by atoms with Crippen LogP contribution in [-0.2, 0) is 6.54 Å². The molecule has 112 valence electrons. The van der Waals surface area contributed by atoms with Gasteiger partial charge in [0.15, 0.2) is 5.75 Å². The minimum atomic E-state index is 0.347. The summed E-state index contributed by atoms with van der Waals surface area (Å²) in [6.45, 7) is 7.28. The molecule has 1 fully saturated rings. The van der Waals surface area contributed by atoms with Crippen LogP contribution in [0.2, 0.25) is 0 Å². The van der Waals surface area contributed by atoms with Crippen molar-refractivity contribution in [3.63, 3.8) is 0 Å². The molecule has 4 nitrogen and oxygen atoms in total. The van der Waals surface area contributed by atoms with E-state index < -0.39 is 0 Å². The van der Waals surface area contributed by atoms with E-state index in [9.17, 15) is 0 Å². The van der Waals surface area contributed by atoms with Crippen LogP contribution < -0.4 is 10.1 Å². The van der Waals surface area contributed by atoms with Crippen LogP contribution in [0.5, 0.6) is 11.5 Å². The maximum Gasteiger partial charge on any atom is 0.165 e. The van der Waals surface area contributed by atoms with Crippen LogP contribution in [0.1, 0.15) is 43.9 Å². The van der Waals surface area contributed by atoms with Gasteiger partial charge in [0.05, 0.1) is 12.4 Å². The maximum absolute atomic E-state index is 5.88. The van der Waals surface area contributed by atoms with E-state index >= 15 is 0 Å². The molecule has 1 N–H and O–H groups in total. The normalized spacial score (nSPS) is 14.7. The predicted octanol–water partition coefficient (Wildman–Crippen LogP) is 3.82. The van der Waals surface area contributed by atoms with E-state index in [0.29, 0.717) is 6.04 Å². The number of hydrogen-bond acceptors (Lipinski definition) is 3. The molecule has 0 atom stereocenters. The molecule has 0 amide bonds. The fourth-order valence-corrected chi connectivity index (χ4v) is 2.26. The zero-order valence-corrected chi connectivity index (χ0v) is 13.0. The number of rotatable bonds is 6. The standard InChI is InChI=1S/C17H23N3O/c1-12(2)20-11-17(10-19-20)21-16-7-4-14(13(3)8-16)9-18-15-5-6-15/h4,7-8,10-12,15,18H,5-6,9H2,1-3H3. The molecule has 0 saturated heterocycles. The number of aryl methyl sites for hydroxylation is 1. The van der Waals surface area contributed by atoms with Crippen LogP contribution in [0.15, 0.2) is 30.6 Å². The van der Waals surface area contributed by atoms with Gasteiger partial charge in [-0.2, -0.15) is 5.10 Å².